The van der Waals surface area contributed by atoms with E-state index in [1.807, 2.05) is 0 Å². The molecular weight excluding hydrogens is 435 g/mol. The molecule has 0 radical (unpaired) electrons. The Morgan fingerprint density at radius 3 is 2.38 bits per heavy atom. The van der Waals surface area contributed by atoms with Gasteiger partial charge in [0, 0.05) is 0 Å². The number of aliphatic hydroxyl groups excluding tert-OH is 1. The Morgan fingerprint density at radius 2 is 1.72 bits per heavy atom. The van der Waals surface area contributed by atoms with E-state index in [1.54, 1.807) is 0 Å². The van der Waals surface area contributed by atoms with E-state index in [4.69, 9.17) is 0 Å². The third kappa shape index (κ3) is 4.65. The Balaban J connectivity index is 0.00000289. The third-order valence-electron chi connectivity index (χ3n) is 10.9. The fourth-order valence-corrected chi connectivity index (χ4v) is 9.85. The molecule has 0 aromatic rings. The third-order valence-corrected chi connectivity index (χ3v) is 11.3. The van der Waals surface area contributed by atoms with Gasteiger partial charge in [-0.1, -0.05) is 47.0 Å². The molecule has 180 valence electrons. The van der Waals surface area contributed by atoms with Crippen LogP contribution in [-0.4, -0.2) is 30.8 Å². The second-order valence-corrected chi connectivity index (χ2v) is 13.0. The van der Waals surface area contributed by atoms with E-state index in [0.29, 0.717) is 53.3 Å². The van der Waals surface area contributed by atoms with Crippen molar-refractivity contribution in [3.63, 3.8) is 0 Å². The van der Waals surface area contributed by atoms with Crippen molar-refractivity contribution in [1.82, 2.24) is 0 Å². The van der Waals surface area contributed by atoms with Gasteiger partial charge in [-0.2, -0.15) is 0 Å². The van der Waals surface area contributed by atoms with Crippen molar-refractivity contribution >= 4 is 10.4 Å². The minimum Gasteiger partial charge on any atom is -0.726 e. The van der Waals surface area contributed by atoms with Gasteiger partial charge < -0.3 is 9.66 Å². The van der Waals surface area contributed by atoms with E-state index in [-0.39, 0.29) is 47.7 Å². The fraction of sp³-hybridized carbons (Fsp3) is 1.00. The first-order valence-corrected chi connectivity index (χ1v) is 14.1. The van der Waals surface area contributed by atoms with Crippen molar-refractivity contribution in [2.24, 2.45) is 52.3 Å². The van der Waals surface area contributed by atoms with Gasteiger partial charge in [0.05, 0.1) is 12.7 Å². The van der Waals surface area contributed by atoms with Crippen LogP contribution in [0.1, 0.15) is 91.9 Å². The van der Waals surface area contributed by atoms with Gasteiger partial charge in [0.1, 0.15) is 0 Å². The largest absolute Gasteiger partial charge is 1.00 e. The minimum absolute atomic E-state index is 0. The smallest absolute Gasteiger partial charge is 0.726 e. The van der Waals surface area contributed by atoms with Crippen LogP contribution in [0.3, 0.4) is 0 Å². The molecule has 4 aliphatic carbocycles. The van der Waals surface area contributed by atoms with Gasteiger partial charge in [-0.15, -0.1) is 0 Å². The molecule has 0 aromatic heterocycles. The topological polar surface area (TPSA) is 86.7 Å². The molecule has 7 heteroatoms. The van der Waals surface area contributed by atoms with Crippen LogP contribution >= 0.6 is 0 Å². The van der Waals surface area contributed by atoms with Gasteiger partial charge in [-0.05, 0) is 97.2 Å². The van der Waals surface area contributed by atoms with Crippen LogP contribution in [0.25, 0.3) is 0 Å². The Morgan fingerprint density at radius 1 is 1.03 bits per heavy atom. The number of rotatable bonds is 6. The summed E-state index contributed by atoms with van der Waals surface area (Å²) in [6.45, 7) is 9.44. The predicted octanol–water partition coefficient (Wildman–Crippen LogP) is 2.15. The van der Waals surface area contributed by atoms with E-state index in [0.717, 1.165) is 12.8 Å². The molecule has 0 heterocycles. The summed E-state index contributed by atoms with van der Waals surface area (Å²) < 4.78 is 37.0. The van der Waals surface area contributed by atoms with E-state index < -0.39 is 10.4 Å². The second-order valence-electron chi connectivity index (χ2n) is 11.9. The molecule has 4 saturated carbocycles. The van der Waals surface area contributed by atoms with E-state index in [9.17, 15) is 18.1 Å². The molecule has 4 aliphatic rings. The molecule has 10 atom stereocenters. The zero-order chi connectivity index (χ0) is 22.6. The molecule has 4 rings (SSSR count). The molecule has 0 aliphatic heterocycles. The molecule has 3 unspecified atom stereocenters. The van der Waals surface area contributed by atoms with Crippen molar-refractivity contribution in [1.29, 1.82) is 0 Å². The second kappa shape index (κ2) is 10.1. The van der Waals surface area contributed by atoms with Crippen LogP contribution in [0, 0.1) is 52.3 Å². The molecule has 0 aromatic carbocycles. The monoisotopic (exact) mass is 478 g/mol. The normalized spacial score (nSPS) is 47.0. The molecule has 0 amide bonds. The standard InChI is InChI=1S/C25H44O5S.Na/c1-5-17-19-8-6-7-13-24(19,3)21-11-14-25(4)18(9-10-20(25)22(21)23(17)26)16(2)12-15-30-31(27,28)29;/h16-23,26H,5-15H2,1-4H3,(H,27,28,29);/q;+1/p-1/t16-,17-,18-,19+,20?,21?,22?,23-,24+,25-;/m1./s1. The molecular formula is C25H43NaO5S. The van der Waals surface area contributed by atoms with Crippen molar-refractivity contribution in [3.8, 4) is 0 Å². The summed E-state index contributed by atoms with van der Waals surface area (Å²) in [7, 11) is -4.62. The molecule has 0 spiro atoms. The summed E-state index contributed by atoms with van der Waals surface area (Å²) in [6, 6.07) is 0. The maximum Gasteiger partial charge on any atom is 1.00 e. The molecule has 5 nitrogen and oxygen atoms in total. The number of hydrogen-bond donors (Lipinski definition) is 1. The quantitative estimate of drug-likeness (QED) is 0.359. The van der Waals surface area contributed by atoms with Gasteiger partial charge in [-0.3, -0.25) is 4.18 Å². The van der Waals surface area contributed by atoms with Crippen molar-refractivity contribution < 1.29 is 51.8 Å². The summed E-state index contributed by atoms with van der Waals surface area (Å²) in [6.07, 6.45) is 11.5. The first-order chi connectivity index (χ1) is 14.5. The van der Waals surface area contributed by atoms with Crippen LogP contribution in [0.5, 0.6) is 0 Å². The Bertz CT molecular complexity index is 759. The SMILES string of the molecule is CC[C@H]1[C@@H](O)C2C3CC[C@H]([C@H](C)CCOS(=O)(=O)[O-])[C@@]3(C)CCC2[C@@]2(C)CCCC[C@@H]12.[Na+]. The van der Waals surface area contributed by atoms with Crippen LogP contribution in [0.4, 0.5) is 0 Å². The summed E-state index contributed by atoms with van der Waals surface area (Å²) in [5.74, 6) is 3.51. The van der Waals surface area contributed by atoms with Crippen LogP contribution < -0.4 is 29.6 Å². The Kier molecular flexibility index (Phi) is 8.62. The summed E-state index contributed by atoms with van der Waals surface area (Å²) in [5.41, 5.74) is 0.568. The van der Waals surface area contributed by atoms with E-state index in [2.05, 4.69) is 31.9 Å². The average Bonchev–Trinajstić information content (AvgIpc) is 3.04. The van der Waals surface area contributed by atoms with Crippen molar-refractivity contribution in [2.45, 2.75) is 98.0 Å². The van der Waals surface area contributed by atoms with Gasteiger partial charge >= 0.3 is 29.6 Å². The summed E-state index contributed by atoms with van der Waals surface area (Å²) >= 11 is 0. The molecule has 1 N–H and O–H groups in total. The fourth-order valence-electron chi connectivity index (χ4n) is 9.55. The van der Waals surface area contributed by atoms with Gasteiger partial charge in [0.2, 0.25) is 10.4 Å². The van der Waals surface area contributed by atoms with Gasteiger partial charge in [0.25, 0.3) is 0 Å². The number of fused-ring (bicyclic) bond motifs is 5. The summed E-state index contributed by atoms with van der Waals surface area (Å²) in [4.78, 5) is 0. The average molecular weight is 479 g/mol. The van der Waals surface area contributed by atoms with Crippen LogP contribution in [0.2, 0.25) is 0 Å². The van der Waals surface area contributed by atoms with Crippen molar-refractivity contribution in [3.05, 3.63) is 0 Å². The van der Waals surface area contributed by atoms with Gasteiger partial charge in [0.15, 0.2) is 0 Å². The molecule has 0 saturated heterocycles. The van der Waals surface area contributed by atoms with Crippen LogP contribution in [-0.2, 0) is 14.6 Å². The van der Waals surface area contributed by atoms with Crippen LogP contribution in [0.15, 0.2) is 0 Å². The zero-order valence-electron chi connectivity index (χ0n) is 20.9. The Labute approximate surface area is 218 Å². The van der Waals surface area contributed by atoms with E-state index >= 15 is 0 Å². The van der Waals surface area contributed by atoms with E-state index in [1.165, 1.54) is 44.9 Å². The molecule has 0 bridgehead atoms. The van der Waals surface area contributed by atoms with Gasteiger partial charge in [-0.25, -0.2) is 8.42 Å². The first-order valence-electron chi connectivity index (χ1n) is 12.8. The maximum atomic E-state index is 11.7. The minimum atomic E-state index is -4.62. The van der Waals surface area contributed by atoms with Crippen molar-refractivity contribution in [2.75, 3.05) is 6.61 Å². The molecule has 4 fully saturated rings. The predicted molar refractivity (Wildman–Crippen MR) is 120 cm³/mol. The summed E-state index contributed by atoms with van der Waals surface area (Å²) in [5, 5.41) is 11.7. The number of aliphatic hydroxyl groups is 1. The number of hydrogen-bond acceptors (Lipinski definition) is 5. The Hall–Kier alpha value is 0.830. The maximum absolute atomic E-state index is 11.7. The first kappa shape index (κ1) is 27.4. The zero-order valence-corrected chi connectivity index (χ0v) is 23.7. The molecule has 32 heavy (non-hydrogen) atoms.